The first kappa shape index (κ1) is 21.9. The van der Waals surface area contributed by atoms with Crippen molar-refractivity contribution in [3.63, 3.8) is 0 Å². The van der Waals surface area contributed by atoms with Gasteiger partial charge in [-0.05, 0) is 24.3 Å². The van der Waals surface area contributed by atoms with Gasteiger partial charge in [0.1, 0.15) is 5.75 Å². The van der Waals surface area contributed by atoms with E-state index in [2.05, 4.69) is 10.2 Å². The molecule has 9 heteroatoms. The molecule has 9 nitrogen and oxygen atoms in total. The largest absolute Gasteiger partial charge is 0.493 e. The molecule has 0 unspecified atom stereocenters. The number of amides is 2. The number of hydrogen-bond donors (Lipinski definition) is 1. The van der Waals surface area contributed by atoms with Crippen LogP contribution in [-0.2, 0) is 14.3 Å². The van der Waals surface area contributed by atoms with E-state index in [0.29, 0.717) is 35.2 Å². The lowest BCUT2D eigenvalue weighted by atomic mass is 10.2. The SMILES string of the molecule is COc1ccccc1OCC(=O)Nc1ccc2c(c1)OCC(=O)N2CCN1CCOCC1. The summed E-state index contributed by atoms with van der Waals surface area (Å²) in [5, 5.41) is 2.80. The van der Waals surface area contributed by atoms with E-state index in [9.17, 15) is 9.59 Å². The van der Waals surface area contributed by atoms with Gasteiger partial charge in [-0.2, -0.15) is 0 Å². The highest BCUT2D eigenvalue weighted by atomic mass is 16.5. The molecule has 0 aromatic heterocycles. The molecule has 2 aliphatic rings. The molecule has 2 aromatic carbocycles. The van der Waals surface area contributed by atoms with Crippen LogP contribution in [0.25, 0.3) is 0 Å². The van der Waals surface area contributed by atoms with Crippen LogP contribution in [0.4, 0.5) is 11.4 Å². The van der Waals surface area contributed by atoms with E-state index >= 15 is 0 Å². The zero-order chi connectivity index (χ0) is 22.3. The van der Waals surface area contributed by atoms with Crippen LogP contribution in [0.3, 0.4) is 0 Å². The predicted molar refractivity (Wildman–Crippen MR) is 119 cm³/mol. The van der Waals surface area contributed by atoms with E-state index in [1.807, 2.05) is 12.1 Å². The molecule has 1 N–H and O–H groups in total. The first-order valence-corrected chi connectivity index (χ1v) is 10.6. The number of nitrogens with one attached hydrogen (secondary N) is 1. The number of fused-ring (bicyclic) bond motifs is 1. The van der Waals surface area contributed by atoms with E-state index in [1.54, 1.807) is 42.3 Å². The van der Waals surface area contributed by atoms with Gasteiger partial charge in [0.15, 0.2) is 24.7 Å². The van der Waals surface area contributed by atoms with Crippen molar-refractivity contribution in [1.82, 2.24) is 4.90 Å². The van der Waals surface area contributed by atoms with Gasteiger partial charge in [-0.25, -0.2) is 0 Å². The Balaban J connectivity index is 1.36. The maximum atomic E-state index is 12.4. The fourth-order valence-corrected chi connectivity index (χ4v) is 3.67. The zero-order valence-electron chi connectivity index (χ0n) is 18.0. The number of hydrogen-bond acceptors (Lipinski definition) is 7. The van der Waals surface area contributed by atoms with Gasteiger partial charge in [-0.15, -0.1) is 0 Å². The number of carbonyl (C=O) groups is 2. The minimum Gasteiger partial charge on any atom is -0.493 e. The number of carbonyl (C=O) groups excluding carboxylic acids is 2. The van der Waals surface area contributed by atoms with Gasteiger partial charge >= 0.3 is 0 Å². The van der Waals surface area contributed by atoms with Crippen molar-refractivity contribution in [1.29, 1.82) is 0 Å². The van der Waals surface area contributed by atoms with E-state index in [-0.39, 0.29) is 25.0 Å². The molecular weight excluding hydrogens is 414 g/mol. The van der Waals surface area contributed by atoms with Crippen molar-refractivity contribution in [3.8, 4) is 17.2 Å². The molecule has 1 fully saturated rings. The Morgan fingerprint density at radius 3 is 2.66 bits per heavy atom. The molecule has 4 rings (SSSR count). The lowest BCUT2D eigenvalue weighted by molar-refractivity contribution is -0.121. The summed E-state index contributed by atoms with van der Waals surface area (Å²) in [6, 6.07) is 12.4. The van der Waals surface area contributed by atoms with E-state index in [4.69, 9.17) is 18.9 Å². The molecule has 0 aliphatic carbocycles. The number of para-hydroxylation sites is 2. The molecule has 0 spiro atoms. The molecule has 0 bridgehead atoms. The summed E-state index contributed by atoms with van der Waals surface area (Å²) in [5.41, 5.74) is 1.28. The standard InChI is InChI=1S/C23H27N3O6/c1-29-19-4-2-3-5-20(19)31-15-22(27)24-17-6-7-18-21(14-17)32-16-23(28)26(18)9-8-25-10-12-30-13-11-25/h2-7,14H,8-13,15-16H2,1H3,(H,24,27). The first-order chi connectivity index (χ1) is 15.6. The molecule has 32 heavy (non-hydrogen) atoms. The molecule has 170 valence electrons. The van der Waals surface area contributed by atoms with Crippen LogP contribution in [0.2, 0.25) is 0 Å². The van der Waals surface area contributed by atoms with Crippen molar-refractivity contribution in [2.75, 3.05) is 69.9 Å². The van der Waals surface area contributed by atoms with Gasteiger partial charge in [0.25, 0.3) is 11.8 Å². The Kier molecular flexibility index (Phi) is 7.08. The topological polar surface area (TPSA) is 89.6 Å². The minimum absolute atomic E-state index is 0.0234. The number of methoxy groups -OCH3 is 1. The summed E-state index contributed by atoms with van der Waals surface area (Å²) in [7, 11) is 1.55. The van der Waals surface area contributed by atoms with Crippen molar-refractivity contribution >= 4 is 23.2 Å². The van der Waals surface area contributed by atoms with Gasteiger partial charge in [-0.3, -0.25) is 14.5 Å². The van der Waals surface area contributed by atoms with E-state index < -0.39 is 0 Å². The van der Waals surface area contributed by atoms with Gasteiger partial charge in [-0.1, -0.05) is 12.1 Å². The molecule has 0 radical (unpaired) electrons. The van der Waals surface area contributed by atoms with Gasteiger partial charge in [0.05, 0.1) is 26.0 Å². The Morgan fingerprint density at radius 1 is 1.09 bits per heavy atom. The van der Waals surface area contributed by atoms with Gasteiger partial charge < -0.3 is 29.2 Å². The third-order valence-electron chi connectivity index (χ3n) is 5.36. The van der Waals surface area contributed by atoms with E-state index in [1.165, 1.54) is 0 Å². The molecule has 1 saturated heterocycles. The summed E-state index contributed by atoms with van der Waals surface area (Å²) in [6.07, 6.45) is 0. The monoisotopic (exact) mass is 441 g/mol. The van der Waals surface area contributed by atoms with Crippen molar-refractivity contribution < 1.29 is 28.5 Å². The summed E-state index contributed by atoms with van der Waals surface area (Å²) in [4.78, 5) is 28.8. The van der Waals surface area contributed by atoms with Crippen LogP contribution in [0.1, 0.15) is 0 Å². The van der Waals surface area contributed by atoms with Crippen LogP contribution < -0.4 is 24.4 Å². The second-order valence-electron chi connectivity index (χ2n) is 7.46. The number of benzene rings is 2. The van der Waals surface area contributed by atoms with Gasteiger partial charge in [0.2, 0.25) is 0 Å². The summed E-state index contributed by atoms with van der Waals surface area (Å²) in [5.74, 6) is 1.23. The fourth-order valence-electron chi connectivity index (χ4n) is 3.67. The third-order valence-corrected chi connectivity index (χ3v) is 5.36. The van der Waals surface area contributed by atoms with Crippen molar-refractivity contribution in [2.24, 2.45) is 0 Å². The Morgan fingerprint density at radius 2 is 1.88 bits per heavy atom. The highest BCUT2D eigenvalue weighted by molar-refractivity contribution is 5.99. The van der Waals surface area contributed by atoms with Crippen LogP contribution >= 0.6 is 0 Å². The van der Waals surface area contributed by atoms with Crippen molar-refractivity contribution in [2.45, 2.75) is 0 Å². The minimum atomic E-state index is -0.313. The lowest BCUT2D eigenvalue weighted by Crippen LogP contribution is -2.45. The highest BCUT2D eigenvalue weighted by Gasteiger charge is 2.26. The first-order valence-electron chi connectivity index (χ1n) is 10.6. The molecule has 2 aliphatic heterocycles. The Bertz CT molecular complexity index is 960. The lowest BCUT2D eigenvalue weighted by Gasteiger charge is -2.33. The number of ether oxygens (including phenoxy) is 4. The summed E-state index contributed by atoms with van der Waals surface area (Å²) < 4.78 is 21.8. The normalized spacial score (nSPS) is 16.2. The third kappa shape index (κ3) is 5.30. The van der Waals surface area contributed by atoms with Crippen molar-refractivity contribution in [3.05, 3.63) is 42.5 Å². The van der Waals surface area contributed by atoms with E-state index in [0.717, 1.165) is 32.8 Å². The maximum absolute atomic E-state index is 12.4. The van der Waals surface area contributed by atoms with Crippen LogP contribution in [0.15, 0.2) is 42.5 Å². The molecule has 2 heterocycles. The second-order valence-corrected chi connectivity index (χ2v) is 7.46. The molecule has 2 amide bonds. The zero-order valence-corrected chi connectivity index (χ0v) is 18.0. The molecule has 0 saturated carbocycles. The quantitative estimate of drug-likeness (QED) is 0.668. The molecule has 2 aromatic rings. The van der Waals surface area contributed by atoms with Gasteiger partial charge in [0, 0.05) is 37.9 Å². The molecule has 0 atom stereocenters. The maximum Gasteiger partial charge on any atom is 0.265 e. The summed E-state index contributed by atoms with van der Waals surface area (Å²) >= 11 is 0. The highest BCUT2D eigenvalue weighted by Crippen LogP contribution is 2.34. The van der Waals surface area contributed by atoms with Crippen LogP contribution in [0.5, 0.6) is 17.2 Å². The average Bonchev–Trinajstić information content (AvgIpc) is 2.83. The smallest absolute Gasteiger partial charge is 0.265 e. The fraction of sp³-hybridized carbons (Fsp3) is 0.391. The Labute approximate surface area is 186 Å². The second kappa shape index (κ2) is 10.3. The Hall–Kier alpha value is -3.30. The average molecular weight is 441 g/mol. The summed E-state index contributed by atoms with van der Waals surface area (Å²) in [6.45, 7) is 4.34. The van der Waals surface area contributed by atoms with Crippen LogP contribution in [-0.4, -0.2) is 76.4 Å². The predicted octanol–water partition coefficient (Wildman–Crippen LogP) is 1.77. The number of morpholine rings is 1. The number of anilines is 2. The number of rotatable bonds is 8. The number of nitrogens with zero attached hydrogens (tertiary/aromatic N) is 2. The van der Waals surface area contributed by atoms with Crippen LogP contribution in [0, 0.1) is 0 Å². The molecular formula is C23H27N3O6.